The molecule has 114 valence electrons. The number of hydrogen-bond donors (Lipinski definition) is 1. The summed E-state index contributed by atoms with van der Waals surface area (Å²) in [4.78, 5) is 11.3. The Morgan fingerprint density at radius 1 is 1.10 bits per heavy atom. The number of alkyl halides is 3. The monoisotopic (exact) mass is 330 g/mol. The van der Waals surface area contributed by atoms with Gasteiger partial charge in [0.25, 0.3) is 11.4 Å². The molecule has 0 aliphatic rings. The molecule has 0 saturated carbocycles. The Bertz CT molecular complexity index is 874. The maximum absolute atomic E-state index is 13.1. The summed E-state index contributed by atoms with van der Waals surface area (Å²) in [5.41, 5.74) is -6.82. The molecule has 0 bridgehead atoms. The molecule has 0 radical (unpaired) electrons. The minimum atomic E-state index is -6.08. The number of fused-ring (bicyclic) bond motifs is 1. The number of nitrogens with one attached hydrogen (secondary N) is 1. The molecule has 0 unspecified atom stereocenters. The predicted molar refractivity (Wildman–Crippen MR) is 57.9 cm³/mol. The SMILES string of the molecule is O=c1[nH]nc(OS(=O)(=O)C(F)(F)F)c2cc(F)c(F)cc12. The molecule has 1 heterocycles. The van der Waals surface area contributed by atoms with Crippen molar-refractivity contribution >= 4 is 20.9 Å². The van der Waals surface area contributed by atoms with E-state index in [9.17, 15) is 35.2 Å². The first-order valence-electron chi connectivity index (χ1n) is 4.91. The van der Waals surface area contributed by atoms with Crippen molar-refractivity contribution in [2.75, 3.05) is 0 Å². The van der Waals surface area contributed by atoms with Crippen molar-refractivity contribution in [2.24, 2.45) is 0 Å². The number of hydrogen-bond acceptors (Lipinski definition) is 5. The van der Waals surface area contributed by atoms with E-state index in [1.165, 1.54) is 0 Å². The van der Waals surface area contributed by atoms with Crippen molar-refractivity contribution in [3.05, 3.63) is 34.1 Å². The van der Waals surface area contributed by atoms with Gasteiger partial charge in [0.1, 0.15) is 0 Å². The Labute approximate surface area is 112 Å². The highest BCUT2D eigenvalue weighted by Gasteiger charge is 2.49. The van der Waals surface area contributed by atoms with E-state index in [1.54, 1.807) is 5.10 Å². The van der Waals surface area contributed by atoms with Gasteiger partial charge in [-0.2, -0.15) is 21.6 Å². The van der Waals surface area contributed by atoms with Gasteiger partial charge in [0, 0.05) is 0 Å². The molecule has 0 atom stereocenters. The Hall–Kier alpha value is -2.24. The zero-order chi connectivity index (χ0) is 16.0. The van der Waals surface area contributed by atoms with Crippen LogP contribution in [-0.4, -0.2) is 24.1 Å². The molecule has 0 fully saturated rings. The minimum Gasteiger partial charge on any atom is -0.353 e. The van der Waals surface area contributed by atoms with Crippen LogP contribution in [0.2, 0.25) is 0 Å². The lowest BCUT2D eigenvalue weighted by atomic mass is 10.2. The van der Waals surface area contributed by atoms with E-state index in [0.717, 1.165) is 0 Å². The van der Waals surface area contributed by atoms with Gasteiger partial charge in [-0.05, 0) is 12.1 Å². The number of aromatic amines is 1. The van der Waals surface area contributed by atoms with Crippen LogP contribution in [0.15, 0.2) is 16.9 Å². The Balaban J connectivity index is 2.70. The fraction of sp³-hybridized carbons (Fsp3) is 0.111. The van der Waals surface area contributed by atoms with Crippen molar-refractivity contribution < 1.29 is 34.6 Å². The number of aromatic nitrogens is 2. The third kappa shape index (κ3) is 2.66. The zero-order valence-corrected chi connectivity index (χ0v) is 10.3. The van der Waals surface area contributed by atoms with Gasteiger partial charge in [-0.25, -0.2) is 13.9 Å². The van der Waals surface area contributed by atoms with Crippen molar-refractivity contribution in [3.63, 3.8) is 0 Å². The van der Waals surface area contributed by atoms with E-state index >= 15 is 0 Å². The van der Waals surface area contributed by atoms with Crippen LogP contribution >= 0.6 is 0 Å². The molecule has 0 amide bonds. The van der Waals surface area contributed by atoms with Crippen LogP contribution in [0.5, 0.6) is 5.88 Å². The van der Waals surface area contributed by atoms with Crippen LogP contribution in [0.1, 0.15) is 0 Å². The Kier molecular flexibility index (Phi) is 3.35. The van der Waals surface area contributed by atoms with Gasteiger partial charge in [-0.1, -0.05) is 0 Å². The Morgan fingerprint density at radius 3 is 2.14 bits per heavy atom. The van der Waals surface area contributed by atoms with Crippen LogP contribution in [0, 0.1) is 11.6 Å². The summed E-state index contributed by atoms with van der Waals surface area (Å²) in [5.74, 6) is -4.21. The van der Waals surface area contributed by atoms with E-state index < -0.39 is 49.5 Å². The molecule has 2 rings (SSSR count). The van der Waals surface area contributed by atoms with E-state index in [-0.39, 0.29) is 0 Å². The summed E-state index contributed by atoms with van der Waals surface area (Å²) in [6, 6.07) is 0.673. The second kappa shape index (κ2) is 4.65. The molecule has 2 aromatic rings. The smallest absolute Gasteiger partial charge is 0.353 e. The zero-order valence-electron chi connectivity index (χ0n) is 9.53. The van der Waals surface area contributed by atoms with Crippen LogP contribution in [0.4, 0.5) is 22.0 Å². The fourth-order valence-electron chi connectivity index (χ4n) is 1.35. The molecule has 6 nitrogen and oxygen atoms in total. The van der Waals surface area contributed by atoms with Crippen LogP contribution in [0.25, 0.3) is 10.8 Å². The van der Waals surface area contributed by atoms with Crippen LogP contribution in [0.3, 0.4) is 0 Å². The lowest BCUT2D eigenvalue weighted by molar-refractivity contribution is -0.0501. The van der Waals surface area contributed by atoms with E-state index in [4.69, 9.17) is 0 Å². The molecule has 12 heteroatoms. The predicted octanol–water partition coefficient (Wildman–Crippen LogP) is 1.43. The van der Waals surface area contributed by atoms with Crippen molar-refractivity contribution in [1.82, 2.24) is 10.2 Å². The molecule has 21 heavy (non-hydrogen) atoms. The summed E-state index contributed by atoms with van der Waals surface area (Å²) < 4.78 is 88.1. The highest BCUT2D eigenvalue weighted by atomic mass is 32.2. The summed E-state index contributed by atoms with van der Waals surface area (Å²) >= 11 is 0. The molecule has 0 saturated heterocycles. The molecule has 0 spiro atoms. The molecule has 1 aromatic heterocycles. The van der Waals surface area contributed by atoms with Gasteiger partial charge in [-0.15, -0.1) is 5.10 Å². The minimum absolute atomic E-state index is 0.300. The highest BCUT2D eigenvalue weighted by molar-refractivity contribution is 7.88. The molecule has 0 aliphatic carbocycles. The van der Waals surface area contributed by atoms with Crippen LogP contribution in [-0.2, 0) is 10.1 Å². The maximum Gasteiger partial charge on any atom is 0.534 e. The first-order chi connectivity index (χ1) is 9.53. The van der Waals surface area contributed by atoms with Crippen molar-refractivity contribution in [2.45, 2.75) is 5.51 Å². The second-order valence-electron chi connectivity index (χ2n) is 3.65. The Morgan fingerprint density at radius 2 is 1.62 bits per heavy atom. The van der Waals surface area contributed by atoms with Gasteiger partial charge in [0.05, 0.1) is 10.8 Å². The van der Waals surface area contributed by atoms with Gasteiger partial charge in [-0.3, -0.25) is 4.79 Å². The maximum atomic E-state index is 13.1. The third-order valence-corrected chi connectivity index (χ3v) is 3.21. The lowest BCUT2D eigenvalue weighted by Crippen LogP contribution is -2.29. The average Bonchev–Trinajstić information content (AvgIpc) is 2.34. The van der Waals surface area contributed by atoms with Crippen molar-refractivity contribution in [1.29, 1.82) is 0 Å². The van der Waals surface area contributed by atoms with Gasteiger partial charge in [0.2, 0.25) is 0 Å². The summed E-state index contributed by atoms with van der Waals surface area (Å²) in [6.07, 6.45) is 0. The summed E-state index contributed by atoms with van der Waals surface area (Å²) in [7, 11) is -6.08. The molecule has 0 aliphatic heterocycles. The first-order valence-corrected chi connectivity index (χ1v) is 6.32. The normalized spacial score (nSPS) is 12.6. The molecular weight excluding hydrogens is 327 g/mol. The molecule has 1 aromatic carbocycles. The number of nitrogens with zero attached hydrogens (tertiary/aromatic N) is 1. The highest BCUT2D eigenvalue weighted by Crippen LogP contribution is 2.29. The average molecular weight is 330 g/mol. The van der Waals surface area contributed by atoms with E-state index in [2.05, 4.69) is 9.28 Å². The quantitative estimate of drug-likeness (QED) is 0.511. The van der Waals surface area contributed by atoms with Gasteiger partial charge < -0.3 is 4.18 Å². The lowest BCUT2D eigenvalue weighted by Gasteiger charge is -2.10. The molecular formula is C9H3F5N2O4S. The number of rotatable bonds is 2. The standard InChI is InChI=1S/C9H3F5N2O4S/c10-5-1-3-4(2-6(5)11)8(16-15-7(3)17)20-21(18,19)9(12,13)14/h1-2H,(H,15,17). The van der Waals surface area contributed by atoms with Crippen molar-refractivity contribution in [3.8, 4) is 5.88 Å². The van der Waals surface area contributed by atoms with E-state index in [0.29, 0.717) is 12.1 Å². The van der Waals surface area contributed by atoms with Crippen LogP contribution < -0.4 is 9.74 Å². The third-order valence-electron chi connectivity index (χ3n) is 2.27. The van der Waals surface area contributed by atoms with E-state index in [1.807, 2.05) is 0 Å². The number of H-pyrrole nitrogens is 1. The summed E-state index contributed by atoms with van der Waals surface area (Å²) in [6.45, 7) is 0. The second-order valence-corrected chi connectivity index (χ2v) is 5.19. The largest absolute Gasteiger partial charge is 0.534 e. The first kappa shape index (κ1) is 15.2. The number of halogens is 5. The van der Waals surface area contributed by atoms with Gasteiger partial charge >= 0.3 is 15.6 Å². The summed E-state index contributed by atoms with van der Waals surface area (Å²) in [5, 5.41) is 3.20. The fourth-order valence-corrected chi connectivity index (χ4v) is 1.78. The molecule has 1 N–H and O–H groups in total. The number of benzene rings is 1. The van der Waals surface area contributed by atoms with Gasteiger partial charge in [0.15, 0.2) is 11.6 Å². The topological polar surface area (TPSA) is 89.1 Å².